The first-order chi connectivity index (χ1) is 9.15. The van der Waals surface area contributed by atoms with Crippen LogP contribution in [0.5, 0.6) is 0 Å². The van der Waals surface area contributed by atoms with Crippen molar-refractivity contribution in [2.75, 3.05) is 24.7 Å². The second-order valence-corrected chi connectivity index (χ2v) is 6.21. The highest BCUT2D eigenvalue weighted by Crippen LogP contribution is 2.36. The van der Waals surface area contributed by atoms with Crippen LogP contribution in [0.3, 0.4) is 0 Å². The van der Waals surface area contributed by atoms with Gasteiger partial charge in [-0.2, -0.15) is 0 Å². The van der Waals surface area contributed by atoms with Crippen molar-refractivity contribution in [1.82, 2.24) is 20.5 Å². The number of aromatic nitrogens is 4. The standard InChI is InChI=1S/C10H10N6OS2/c1-16(2)9-12-13-10(19-9)18-6-4-3-5(11)7-8(6)15-17-14-7/h3-4H,11H2,1-2H3. The fraction of sp³-hybridized carbons (Fsp3) is 0.200. The highest BCUT2D eigenvalue weighted by Gasteiger charge is 2.14. The molecule has 19 heavy (non-hydrogen) atoms. The zero-order chi connectivity index (χ0) is 13.4. The minimum atomic E-state index is 0.548. The summed E-state index contributed by atoms with van der Waals surface area (Å²) in [7, 11) is 3.86. The molecule has 2 N–H and O–H groups in total. The number of hydrogen-bond donors (Lipinski definition) is 1. The van der Waals surface area contributed by atoms with E-state index in [4.69, 9.17) is 10.4 Å². The molecule has 0 spiro atoms. The highest BCUT2D eigenvalue weighted by atomic mass is 32.2. The smallest absolute Gasteiger partial charge is 0.208 e. The van der Waals surface area contributed by atoms with Gasteiger partial charge in [0.15, 0.2) is 15.4 Å². The fourth-order valence-electron chi connectivity index (χ4n) is 1.46. The van der Waals surface area contributed by atoms with Crippen LogP contribution in [0.25, 0.3) is 11.0 Å². The van der Waals surface area contributed by atoms with E-state index in [0.29, 0.717) is 16.7 Å². The van der Waals surface area contributed by atoms with Crippen molar-refractivity contribution >= 4 is 45.0 Å². The van der Waals surface area contributed by atoms with Gasteiger partial charge in [-0.3, -0.25) is 0 Å². The quantitative estimate of drug-likeness (QED) is 0.732. The molecule has 0 fully saturated rings. The van der Waals surface area contributed by atoms with Gasteiger partial charge in [0, 0.05) is 19.0 Å². The molecule has 2 aromatic heterocycles. The molecule has 0 aliphatic carbocycles. The van der Waals surface area contributed by atoms with E-state index in [1.165, 1.54) is 23.1 Å². The van der Waals surface area contributed by atoms with Crippen LogP contribution in [0.1, 0.15) is 0 Å². The molecule has 0 saturated heterocycles. The minimum absolute atomic E-state index is 0.548. The van der Waals surface area contributed by atoms with Gasteiger partial charge in [-0.05, 0) is 22.4 Å². The predicted molar refractivity (Wildman–Crippen MR) is 74.6 cm³/mol. The van der Waals surface area contributed by atoms with Gasteiger partial charge in [0.2, 0.25) is 5.13 Å². The molecule has 0 aliphatic rings. The topological polar surface area (TPSA) is 94.0 Å². The van der Waals surface area contributed by atoms with Gasteiger partial charge in [0.05, 0.1) is 5.69 Å². The number of nitrogens with two attached hydrogens (primary N) is 1. The van der Waals surface area contributed by atoms with Crippen molar-refractivity contribution in [2.45, 2.75) is 9.24 Å². The van der Waals surface area contributed by atoms with Gasteiger partial charge < -0.3 is 10.6 Å². The van der Waals surface area contributed by atoms with Crippen LogP contribution in [0.4, 0.5) is 10.8 Å². The van der Waals surface area contributed by atoms with E-state index in [2.05, 4.69) is 20.5 Å². The summed E-state index contributed by atoms with van der Waals surface area (Å²) in [6, 6.07) is 3.66. The number of hydrogen-bond acceptors (Lipinski definition) is 9. The van der Waals surface area contributed by atoms with Crippen molar-refractivity contribution < 1.29 is 4.63 Å². The van der Waals surface area contributed by atoms with Crippen LogP contribution >= 0.6 is 23.1 Å². The summed E-state index contributed by atoms with van der Waals surface area (Å²) >= 11 is 2.98. The molecular weight excluding hydrogens is 284 g/mol. The van der Waals surface area contributed by atoms with Crippen molar-refractivity contribution in [3.63, 3.8) is 0 Å². The molecule has 9 heteroatoms. The lowest BCUT2D eigenvalue weighted by Crippen LogP contribution is -2.07. The maximum Gasteiger partial charge on any atom is 0.208 e. The van der Waals surface area contributed by atoms with Gasteiger partial charge in [-0.25, -0.2) is 4.63 Å². The normalized spacial score (nSPS) is 11.1. The van der Waals surface area contributed by atoms with Gasteiger partial charge in [-0.1, -0.05) is 23.1 Å². The lowest BCUT2D eigenvalue weighted by atomic mass is 10.3. The van der Waals surface area contributed by atoms with Crippen molar-refractivity contribution in [1.29, 1.82) is 0 Å². The number of anilines is 2. The molecule has 3 aromatic rings. The molecule has 0 saturated carbocycles. The Morgan fingerprint density at radius 2 is 2.00 bits per heavy atom. The Morgan fingerprint density at radius 1 is 1.21 bits per heavy atom. The summed E-state index contributed by atoms with van der Waals surface area (Å²) in [6.07, 6.45) is 0. The first-order valence-corrected chi connectivity index (χ1v) is 6.98. The molecule has 0 unspecified atom stereocenters. The molecule has 2 heterocycles. The predicted octanol–water partition coefficient (Wildman–Crippen LogP) is 1.87. The maximum atomic E-state index is 5.80. The summed E-state index contributed by atoms with van der Waals surface area (Å²) in [5, 5.41) is 16.7. The molecule has 7 nitrogen and oxygen atoms in total. The zero-order valence-corrected chi connectivity index (χ0v) is 11.8. The SMILES string of the molecule is CN(C)c1nnc(Sc2ccc(N)c3nonc23)s1. The van der Waals surface area contributed by atoms with Crippen LogP contribution in [-0.2, 0) is 0 Å². The lowest BCUT2D eigenvalue weighted by molar-refractivity contribution is 0.315. The number of benzene rings is 1. The first-order valence-electron chi connectivity index (χ1n) is 5.34. The third-order valence-electron chi connectivity index (χ3n) is 2.39. The summed E-state index contributed by atoms with van der Waals surface area (Å²) < 4.78 is 5.56. The number of fused-ring (bicyclic) bond motifs is 1. The molecule has 1 aromatic carbocycles. The zero-order valence-electron chi connectivity index (χ0n) is 10.2. The largest absolute Gasteiger partial charge is 0.397 e. The molecule has 0 radical (unpaired) electrons. The van der Waals surface area contributed by atoms with Crippen LogP contribution in [0, 0.1) is 0 Å². The van der Waals surface area contributed by atoms with E-state index in [1.807, 2.05) is 25.1 Å². The van der Waals surface area contributed by atoms with E-state index in [1.54, 1.807) is 6.07 Å². The Labute approximate surface area is 116 Å². The average Bonchev–Trinajstić information content (AvgIpc) is 3.01. The van der Waals surface area contributed by atoms with Gasteiger partial charge in [-0.15, -0.1) is 10.2 Å². The Hall–Kier alpha value is -1.87. The third kappa shape index (κ3) is 2.22. The average molecular weight is 294 g/mol. The van der Waals surface area contributed by atoms with Crippen LogP contribution in [0.15, 0.2) is 26.0 Å². The second kappa shape index (κ2) is 4.67. The Morgan fingerprint density at radius 3 is 2.74 bits per heavy atom. The highest BCUT2D eigenvalue weighted by molar-refractivity contribution is 8.01. The molecule has 0 bridgehead atoms. The second-order valence-electron chi connectivity index (χ2n) is 3.96. The molecule has 3 rings (SSSR count). The van der Waals surface area contributed by atoms with Gasteiger partial charge >= 0.3 is 0 Å². The van der Waals surface area contributed by atoms with Gasteiger partial charge in [0.1, 0.15) is 0 Å². The Balaban J connectivity index is 1.96. The van der Waals surface area contributed by atoms with Crippen LogP contribution < -0.4 is 10.6 Å². The lowest BCUT2D eigenvalue weighted by Gasteiger charge is -2.03. The summed E-state index contributed by atoms with van der Waals surface area (Å²) in [5.41, 5.74) is 7.57. The maximum absolute atomic E-state index is 5.80. The molecule has 0 aliphatic heterocycles. The minimum Gasteiger partial charge on any atom is -0.397 e. The van der Waals surface area contributed by atoms with E-state index >= 15 is 0 Å². The number of rotatable bonds is 3. The van der Waals surface area contributed by atoms with Crippen LogP contribution in [-0.4, -0.2) is 34.6 Å². The number of nitrogens with zero attached hydrogens (tertiary/aromatic N) is 5. The Kier molecular flexibility index (Phi) is 2.99. The third-order valence-corrected chi connectivity index (χ3v) is 4.58. The van der Waals surface area contributed by atoms with Crippen molar-refractivity contribution in [3.8, 4) is 0 Å². The van der Waals surface area contributed by atoms with E-state index in [0.717, 1.165) is 14.4 Å². The van der Waals surface area contributed by atoms with E-state index in [-0.39, 0.29) is 0 Å². The number of nitrogen functional groups attached to an aromatic ring is 1. The monoisotopic (exact) mass is 294 g/mol. The molecule has 98 valence electrons. The van der Waals surface area contributed by atoms with E-state index in [9.17, 15) is 0 Å². The van der Waals surface area contributed by atoms with Crippen LogP contribution in [0.2, 0.25) is 0 Å². The fourth-order valence-corrected chi connectivity index (χ4v) is 3.26. The summed E-state index contributed by atoms with van der Waals surface area (Å²) in [4.78, 5) is 2.81. The first kappa shape index (κ1) is 12.2. The Bertz CT molecular complexity index is 722. The molecular formula is C10H10N6OS2. The summed E-state index contributed by atoms with van der Waals surface area (Å²) in [6.45, 7) is 0. The molecule has 0 atom stereocenters. The van der Waals surface area contributed by atoms with Crippen molar-refractivity contribution in [2.24, 2.45) is 0 Å². The van der Waals surface area contributed by atoms with Gasteiger partial charge in [0.25, 0.3) is 0 Å². The van der Waals surface area contributed by atoms with E-state index < -0.39 is 0 Å². The molecule has 0 amide bonds. The van der Waals surface area contributed by atoms with Crippen molar-refractivity contribution in [3.05, 3.63) is 12.1 Å². The summed E-state index contributed by atoms with van der Waals surface area (Å²) in [5.74, 6) is 0.